The number of rotatable bonds is 3. The predicted molar refractivity (Wildman–Crippen MR) is 65.1 cm³/mol. The highest BCUT2D eigenvalue weighted by atomic mass is 16.4. The summed E-state index contributed by atoms with van der Waals surface area (Å²) in [5.74, 6) is -2.05. The van der Waals surface area contributed by atoms with Crippen LogP contribution < -0.4 is 5.32 Å². The molecule has 1 amide bonds. The Morgan fingerprint density at radius 2 is 2.00 bits per heavy atom. The van der Waals surface area contributed by atoms with Gasteiger partial charge in [-0.05, 0) is 18.2 Å². The summed E-state index contributed by atoms with van der Waals surface area (Å²) >= 11 is 0. The fraction of sp³-hybridized carbons (Fsp3) is 0. The molecule has 0 saturated carbocycles. The SMILES string of the molecule is O=C(O)c1ccc(NC(=O)c2cnccn2)c(O)c1. The van der Waals surface area contributed by atoms with E-state index in [1.807, 2.05) is 0 Å². The molecule has 0 aliphatic rings. The average molecular weight is 259 g/mol. The highest BCUT2D eigenvalue weighted by molar-refractivity contribution is 6.03. The standard InChI is InChI=1S/C12H9N3O4/c16-10-5-7(12(18)19)1-2-8(10)15-11(17)9-6-13-3-4-14-9/h1-6,16H,(H,15,17)(H,18,19). The van der Waals surface area contributed by atoms with E-state index < -0.39 is 11.9 Å². The number of benzene rings is 1. The molecule has 0 aliphatic heterocycles. The maximum atomic E-state index is 11.7. The number of carbonyl (C=O) groups is 2. The van der Waals surface area contributed by atoms with Crippen molar-refractivity contribution in [2.24, 2.45) is 0 Å². The van der Waals surface area contributed by atoms with Crippen LogP contribution in [0.15, 0.2) is 36.8 Å². The van der Waals surface area contributed by atoms with Crippen molar-refractivity contribution in [1.29, 1.82) is 0 Å². The zero-order valence-corrected chi connectivity index (χ0v) is 9.57. The third kappa shape index (κ3) is 2.83. The molecule has 0 fully saturated rings. The number of nitrogens with zero attached hydrogens (tertiary/aromatic N) is 2. The van der Waals surface area contributed by atoms with Crippen molar-refractivity contribution in [3.05, 3.63) is 48.0 Å². The minimum absolute atomic E-state index is 0.0741. The van der Waals surface area contributed by atoms with Gasteiger partial charge in [-0.2, -0.15) is 0 Å². The summed E-state index contributed by atoms with van der Waals surface area (Å²) in [5.41, 5.74) is 0.111. The lowest BCUT2D eigenvalue weighted by Crippen LogP contribution is -2.14. The van der Waals surface area contributed by atoms with Crippen molar-refractivity contribution in [2.45, 2.75) is 0 Å². The van der Waals surface area contributed by atoms with Crippen LogP contribution in [0.4, 0.5) is 5.69 Å². The Balaban J connectivity index is 2.20. The highest BCUT2D eigenvalue weighted by Crippen LogP contribution is 2.24. The quantitative estimate of drug-likeness (QED) is 0.712. The third-order valence-corrected chi connectivity index (χ3v) is 2.29. The Hall–Kier alpha value is -2.96. The second kappa shape index (κ2) is 5.13. The van der Waals surface area contributed by atoms with Gasteiger partial charge in [-0.25, -0.2) is 9.78 Å². The smallest absolute Gasteiger partial charge is 0.335 e. The van der Waals surface area contributed by atoms with Crippen molar-refractivity contribution in [1.82, 2.24) is 9.97 Å². The molecule has 0 aliphatic carbocycles. The number of phenols is 1. The van der Waals surface area contributed by atoms with E-state index in [1.165, 1.54) is 30.7 Å². The second-order valence-corrected chi connectivity index (χ2v) is 3.58. The monoisotopic (exact) mass is 259 g/mol. The van der Waals surface area contributed by atoms with Gasteiger partial charge in [-0.1, -0.05) is 0 Å². The Bertz CT molecular complexity index is 628. The van der Waals surface area contributed by atoms with Crippen molar-refractivity contribution in [2.75, 3.05) is 5.32 Å². The van der Waals surface area contributed by atoms with Crippen molar-refractivity contribution in [3.63, 3.8) is 0 Å². The van der Waals surface area contributed by atoms with E-state index in [0.29, 0.717) is 0 Å². The van der Waals surface area contributed by atoms with Gasteiger partial charge in [-0.3, -0.25) is 9.78 Å². The normalized spacial score (nSPS) is 9.89. The first-order valence-electron chi connectivity index (χ1n) is 5.21. The van der Waals surface area contributed by atoms with Crippen molar-refractivity contribution < 1.29 is 19.8 Å². The van der Waals surface area contributed by atoms with Crippen LogP contribution in [0, 0.1) is 0 Å². The van der Waals surface area contributed by atoms with Gasteiger partial charge >= 0.3 is 5.97 Å². The zero-order valence-electron chi connectivity index (χ0n) is 9.57. The van der Waals surface area contributed by atoms with E-state index in [0.717, 1.165) is 6.07 Å². The Morgan fingerprint density at radius 1 is 1.21 bits per heavy atom. The van der Waals surface area contributed by atoms with E-state index in [9.17, 15) is 14.7 Å². The first kappa shape index (κ1) is 12.5. The van der Waals surface area contributed by atoms with Crippen LogP contribution in [0.3, 0.4) is 0 Å². The number of phenolic OH excluding ortho intramolecular Hbond substituents is 1. The predicted octanol–water partition coefficient (Wildman–Crippen LogP) is 1.13. The number of aromatic carboxylic acids is 1. The van der Waals surface area contributed by atoms with E-state index in [-0.39, 0.29) is 22.7 Å². The lowest BCUT2D eigenvalue weighted by atomic mass is 10.2. The van der Waals surface area contributed by atoms with Crippen LogP contribution in [0.5, 0.6) is 5.75 Å². The molecule has 0 unspecified atom stereocenters. The van der Waals surface area contributed by atoms with E-state index in [4.69, 9.17) is 5.11 Å². The molecular formula is C12H9N3O4. The average Bonchev–Trinajstić information content (AvgIpc) is 2.41. The largest absolute Gasteiger partial charge is 0.506 e. The topological polar surface area (TPSA) is 112 Å². The summed E-state index contributed by atoms with van der Waals surface area (Å²) in [6.07, 6.45) is 4.07. The molecule has 1 aromatic heterocycles. The number of hydrogen-bond acceptors (Lipinski definition) is 5. The van der Waals surface area contributed by atoms with Crippen molar-refractivity contribution >= 4 is 17.6 Å². The summed E-state index contributed by atoms with van der Waals surface area (Å²) in [7, 11) is 0. The molecule has 96 valence electrons. The molecule has 0 radical (unpaired) electrons. The van der Waals surface area contributed by atoms with Gasteiger partial charge in [-0.15, -0.1) is 0 Å². The van der Waals surface area contributed by atoms with Crippen LogP contribution in [-0.4, -0.2) is 32.1 Å². The number of carboxylic acids is 1. The summed E-state index contributed by atoms with van der Waals surface area (Å²) in [6.45, 7) is 0. The van der Waals surface area contributed by atoms with Crippen LogP contribution in [0.25, 0.3) is 0 Å². The maximum Gasteiger partial charge on any atom is 0.335 e. The molecule has 0 spiro atoms. The second-order valence-electron chi connectivity index (χ2n) is 3.58. The first-order valence-corrected chi connectivity index (χ1v) is 5.21. The molecule has 19 heavy (non-hydrogen) atoms. The lowest BCUT2D eigenvalue weighted by molar-refractivity contribution is 0.0696. The number of hydrogen-bond donors (Lipinski definition) is 3. The molecular weight excluding hydrogens is 250 g/mol. The Labute approximate surface area is 107 Å². The molecule has 7 nitrogen and oxygen atoms in total. The lowest BCUT2D eigenvalue weighted by Gasteiger charge is -2.07. The molecule has 0 atom stereocenters. The molecule has 3 N–H and O–H groups in total. The van der Waals surface area contributed by atoms with E-state index in [1.54, 1.807) is 0 Å². The van der Waals surface area contributed by atoms with Gasteiger partial charge in [0.2, 0.25) is 0 Å². The number of aromatic hydroxyl groups is 1. The molecule has 0 bridgehead atoms. The molecule has 2 aromatic rings. The maximum absolute atomic E-state index is 11.7. The number of amides is 1. The fourth-order valence-corrected chi connectivity index (χ4v) is 1.37. The summed E-state index contributed by atoms with van der Waals surface area (Å²) in [6, 6.07) is 3.62. The van der Waals surface area contributed by atoms with Gasteiger partial charge in [0.1, 0.15) is 11.4 Å². The van der Waals surface area contributed by atoms with Crippen LogP contribution >= 0.6 is 0 Å². The van der Waals surface area contributed by atoms with Crippen LogP contribution in [0.1, 0.15) is 20.8 Å². The van der Waals surface area contributed by atoms with Gasteiger partial charge in [0, 0.05) is 12.4 Å². The van der Waals surface area contributed by atoms with Crippen LogP contribution in [0.2, 0.25) is 0 Å². The molecule has 1 heterocycles. The van der Waals surface area contributed by atoms with E-state index in [2.05, 4.69) is 15.3 Å². The zero-order chi connectivity index (χ0) is 13.8. The number of carbonyl (C=O) groups excluding carboxylic acids is 1. The van der Waals surface area contributed by atoms with E-state index >= 15 is 0 Å². The minimum Gasteiger partial charge on any atom is -0.506 e. The van der Waals surface area contributed by atoms with Crippen LogP contribution in [-0.2, 0) is 0 Å². The molecule has 7 heteroatoms. The first-order chi connectivity index (χ1) is 9.08. The number of anilines is 1. The highest BCUT2D eigenvalue weighted by Gasteiger charge is 2.12. The van der Waals surface area contributed by atoms with Gasteiger partial charge in [0.25, 0.3) is 5.91 Å². The summed E-state index contributed by atoms with van der Waals surface area (Å²) in [4.78, 5) is 30.0. The van der Waals surface area contributed by atoms with Gasteiger partial charge in [0.15, 0.2) is 0 Å². The third-order valence-electron chi connectivity index (χ3n) is 2.29. The number of nitrogens with one attached hydrogen (secondary N) is 1. The summed E-state index contributed by atoms with van der Waals surface area (Å²) < 4.78 is 0. The Morgan fingerprint density at radius 3 is 2.58 bits per heavy atom. The minimum atomic E-state index is -1.16. The fourth-order valence-electron chi connectivity index (χ4n) is 1.37. The number of carboxylic acid groups (broad SMARTS) is 1. The van der Waals surface area contributed by atoms with Gasteiger partial charge < -0.3 is 15.5 Å². The number of aromatic nitrogens is 2. The molecule has 1 aromatic carbocycles. The van der Waals surface area contributed by atoms with Crippen molar-refractivity contribution in [3.8, 4) is 5.75 Å². The molecule has 2 rings (SSSR count). The summed E-state index contributed by atoms with van der Waals surface area (Å²) in [5, 5.41) is 20.8. The molecule has 0 saturated heterocycles. The van der Waals surface area contributed by atoms with Gasteiger partial charge in [0.05, 0.1) is 17.4 Å². The Kier molecular flexibility index (Phi) is 3.37.